The van der Waals surface area contributed by atoms with Crippen LogP contribution in [0.25, 0.3) is 0 Å². The normalized spacial score (nSPS) is 14.7. The Bertz CT molecular complexity index is 796. The van der Waals surface area contributed by atoms with Gasteiger partial charge in [-0.1, -0.05) is 17.7 Å². The molecule has 1 fully saturated rings. The lowest BCUT2D eigenvalue weighted by atomic mass is 10.1. The lowest BCUT2D eigenvalue weighted by molar-refractivity contribution is -0.115. The average molecular weight is 366 g/mol. The Morgan fingerprint density at radius 2 is 1.70 bits per heavy atom. The molecule has 6 heteroatoms. The Labute approximate surface area is 160 Å². The van der Waals surface area contributed by atoms with Crippen LogP contribution >= 0.6 is 0 Å². The summed E-state index contributed by atoms with van der Waals surface area (Å²) in [5.74, 6) is -0.498. The van der Waals surface area contributed by atoms with Gasteiger partial charge in [-0.2, -0.15) is 0 Å². The van der Waals surface area contributed by atoms with E-state index in [-0.39, 0.29) is 18.4 Å². The van der Waals surface area contributed by atoms with E-state index < -0.39 is 0 Å². The van der Waals surface area contributed by atoms with Gasteiger partial charge in [0, 0.05) is 43.1 Å². The van der Waals surface area contributed by atoms with Crippen molar-refractivity contribution in [3.63, 3.8) is 0 Å². The van der Waals surface area contributed by atoms with Crippen LogP contribution in [0.15, 0.2) is 48.5 Å². The number of carbonyl (C=O) groups is 2. The summed E-state index contributed by atoms with van der Waals surface area (Å²) in [5, 5.41) is 5.47. The van der Waals surface area contributed by atoms with E-state index >= 15 is 0 Å². The van der Waals surface area contributed by atoms with Crippen LogP contribution in [0, 0.1) is 6.92 Å². The molecule has 0 unspecified atom stereocenters. The van der Waals surface area contributed by atoms with Crippen LogP contribution < -0.4 is 15.5 Å². The van der Waals surface area contributed by atoms with Crippen molar-refractivity contribution in [2.24, 2.45) is 0 Å². The monoisotopic (exact) mass is 366 g/mol. The predicted octanol–water partition coefficient (Wildman–Crippen LogP) is 2.12. The first-order chi connectivity index (χ1) is 13.0. The smallest absolute Gasteiger partial charge is 0.251 e. The molecule has 1 aliphatic rings. The van der Waals surface area contributed by atoms with E-state index in [2.05, 4.69) is 27.5 Å². The Hall–Kier alpha value is -2.86. The predicted molar refractivity (Wildman–Crippen MR) is 108 cm³/mol. The minimum Gasteiger partial charge on any atom is -0.369 e. The number of nitrogens with zero attached hydrogens (tertiary/aromatic N) is 2. The summed E-state index contributed by atoms with van der Waals surface area (Å²) < 4.78 is 0. The number of hydrogen-bond donors (Lipinski definition) is 2. The van der Waals surface area contributed by atoms with E-state index in [1.807, 2.05) is 43.3 Å². The molecule has 0 saturated carbocycles. The highest BCUT2D eigenvalue weighted by Crippen LogP contribution is 2.19. The maximum Gasteiger partial charge on any atom is 0.251 e. The van der Waals surface area contributed by atoms with Crippen LogP contribution in [0.2, 0.25) is 0 Å². The second-order valence-corrected chi connectivity index (χ2v) is 6.94. The van der Waals surface area contributed by atoms with Crippen molar-refractivity contribution in [2.45, 2.75) is 6.92 Å². The molecule has 0 atom stereocenters. The van der Waals surface area contributed by atoms with Crippen molar-refractivity contribution in [1.29, 1.82) is 0 Å². The molecule has 142 valence electrons. The Morgan fingerprint density at radius 3 is 2.37 bits per heavy atom. The summed E-state index contributed by atoms with van der Waals surface area (Å²) in [7, 11) is 2.13. The van der Waals surface area contributed by atoms with Gasteiger partial charge < -0.3 is 20.4 Å². The molecular weight excluding hydrogens is 340 g/mol. The molecule has 1 saturated heterocycles. The number of aryl methyl sites for hydroxylation is 1. The number of anilines is 2. The highest BCUT2D eigenvalue weighted by molar-refractivity contribution is 5.99. The molecule has 0 bridgehead atoms. The average Bonchev–Trinajstić information content (AvgIpc) is 2.67. The largest absolute Gasteiger partial charge is 0.369 e. The molecule has 0 aromatic heterocycles. The third-order valence-electron chi connectivity index (χ3n) is 4.71. The second-order valence-electron chi connectivity index (χ2n) is 6.94. The number of likely N-dealkylation sites (N-methyl/N-ethyl adjacent to an activating group) is 1. The molecule has 2 aromatic rings. The Kier molecular flexibility index (Phi) is 6.08. The molecule has 1 aliphatic heterocycles. The first kappa shape index (κ1) is 18.9. The van der Waals surface area contributed by atoms with Gasteiger partial charge in [-0.15, -0.1) is 0 Å². The van der Waals surface area contributed by atoms with Gasteiger partial charge in [-0.25, -0.2) is 0 Å². The van der Waals surface area contributed by atoms with Gasteiger partial charge >= 0.3 is 0 Å². The number of benzene rings is 2. The number of piperazine rings is 1. The number of amides is 2. The number of rotatable bonds is 5. The van der Waals surface area contributed by atoms with Crippen molar-refractivity contribution in [3.8, 4) is 0 Å². The maximum absolute atomic E-state index is 12.1. The molecule has 3 rings (SSSR count). The highest BCUT2D eigenvalue weighted by atomic mass is 16.2. The number of nitrogens with one attached hydrogen (secondary N) is 2. The van der Waals surface area contributed by atoms with E-state index in [9.17, 15) is 9.59 Å². The molecule has 6 nitrogen and oxygen atoms in total. The van der Waals surface area contributed by atoms with Crippen LogP contribution in [0.1, 0.15) is 15.9 Å². The fourth-order valence-corrected chi connectivity index (χ4v) is 3.07. The summed E-state index contributed by atoms with van der Waals surface area (Å²) in [6, 6.07) is 15.1. The summed E-state index contributed by atoms with van der Waals surface area (Å²) in [5.41, 5.74) is 3.45. The van der Waals surface area contributed by atoms with Gasteiger partial charge in [-0.05, 0) is 50.4 Å². The van der Waals surface area contributed by atoms with Crippen molar-refractivity contribution in [1.82, 2.24) is 10.2 Å². The minimum absolute atomic E-state index is 0.0625. The van der Waals surface area contributed by atoms with E-state index in [1.165, 1.54) is 0 Å². The van der Waals surface area contributed by atoms with Crippen molar-refractivity contribution < 1.29 is 9.59 Å². The lowest BCUT2D eigenvalue weighted by Gasteiger charge is -2.34. The molecule has 0 aliphatic carbocycles. The van der Waals surface area contributed by atoms with E-state index in [4.69, 9.17) is 0 Å². The molecular formula is C21H26N4O2. The Balaban J connectivity index is 1.48. The third kappa shape index (κ3) is 5.31. The molecule has 2 aromatic carbocycles. The minimum atomic E-state index is -0.251. The zero-order valence-electron chi connectivity index (χ0n) is 15.9. The molecule has 1 heterocycles. The fraction of sp³-hybridized carbons (Fsp3) is 0.333. The summed E-state index contributed by atoms with van der Waals surface area (Å²) in [6.45, 7) is 5.99. The van der Waals surface area contributed by atoms with Gasteiger partial charge in [-0.3, -0.25) is 9.59 Å². The van der Waals surface area contributed by atoms with Crippen LogP contribution in [0.3, 0.4) is 0 Å². The highest BCUT2D eigenvalue weighted by Gasteiger charge is 2.14. The van der Waals surface area contributed by atoms with Crippen molar-refractivity contribution in [3.05, 3.63) is 59.7 Å². The molecule has 0 spiro atoms. The van der Waals surface area contributed by atoms with E-state index in [0.29, 0.717) is 5.56 Å². The third-order valence-corrected chi connectivity index (χ3v) is 4.71. The second kappa shape index (κ2) is 8.68. The molecule has 27 heavy (non-hydrogen) atoms. The quantitative estimate of drug-likeness (QED) is 0.851. The zero-order chi connectivity index (χ0) is 19.2. The van der Waals surface area contributed by atoms with Gasteiger partial charge in [0.15, 0.2) is 0 Å². The zero-order valence-corrected chi connectivity index (χ0v) is 15.9. The van der Waals surface area contributed by atoms with Crippen LogP contribution in [0.4, 0.5) is 11.4 Å². The van der Waals surface area contributed by atoms with Gasteiger partial charge in [0.05, 0.1) is 6.54 Å². The van der Waals surface area contributed by atoms with Crippen LogP contribution in [-0.2, 0) is 4.79 Å². The SMILES string of the molecule is Cc1cccc(C(=O)NCC(=O)Nc2ccc(N3CCN(C)CC3)cc2)c1. The lowest BCUT2D eigenvalue weighted by Crippen LogP contribution is -2.44. The maximum atomic E-state index is 12.1. The van der Waals surface area contributed by atoms with Crippen LogP contribution in [-0.4, -0.2) is 56.5 Å². The van der Waals surface area contributed by atoms with E-state index in [1.54, 1.807) is 12.1 Å². The summed E-state index contributed by atoms with van der Waals surface area (Å²) in [6.07, 6.45) is 0. The summed E-state index contributed by atoms with van der Waals surface area (Å²) in [4.78, 5) is 28.8. The number of hydrogen-bond acceptors (Lipinski definition) is 4. The Morgan fingerprint density at radius 1 is 1.00 bits per heavy atom. The summed E-state index contributed by atoms with van der Waals surface area (Å²) >= 11 is 0. The number of carbonyl (C=O) groups excluding carboxylic acids is 2. The molecule has 2 N–H and O–H groups in total. The topological polar surface area (TPSA) is 64.7 Å². The van der Waals surface area contributed by atoms with Gasteiger partial charge in [0.2, 0.25) is 5.91 Å². The fourth-order valence-electron chi connectivity index (χ4n) is 3.07. The van der Waals surface area contributed by atoms with Gasteiger partial charge in [0.25, 0.3) is 5.91 Å². The van der Waals surface area contributed by atoms with Crippen LogP contribution in [0.5, 0.6) is 0 Å². The first-order valence-corrected chi connectivity index (χ1v) is 9.19. The molecule has 0 radical (unpaired) electrons. The van der Waals surface area contributed by atoms with Crippen molar-refractivity contribution >= 4 is 23.2 Å². The first-order valence-electron chi connectivity index (χ1n) is 9.19. The standard InChI is InChI=1S/C21H26N4O2/c1-16-4-3-5-17(14-16)21(27)22-15-20(26)23-18-6-8-19(9-7-18)25-12-10-24(2)11-13-25/h3-9,14H,10-13,15H2,1-2H3,(H,22,27)(H,23,26). The van der Waals surface area contributed by atoms with Crippen molar-refractivity contribution in [2.75, 3.05) is 50.0 Å². The van der Waals surface area contributed by atoms with Gasteiger partial charge in [0.1, 0.15) is 0 Å². The van der Waals surface area contributed by atoms with E-state index in [0.717, 1.165) is 43.1 Å². The molecule has 2 amide bonds.